The fourth-order valence-electron chi connectivity index (χ4n) is 2.98. The number of nitrogens with one attached hydrogen (secondary N) is 2. The Hall–Kier alpha value is -2.36. The van der Waals surface area contributed by atoms with E-state index in [-0.39, 0.29) is 29.5 Å². The van der Waals surface area contributed by atoms with Crippen molar-refractivity contribution in [2.75, 3.05) is 11.1 Å². The van der Waals surface area contributed by atoms with Crippen molar-refractivity contribution in [2.45, 2.75) is 25.0 Å². The zero-order chi connectivity index (χ0) is 23.3. The summed E-state index contributed by atoms with van der Waals surface area (Å²) < 4.78 is 2.74. The molecule has 3 aromatic rings. The lowest BCUT2D eigenvalue weighted by molar-refractivity contribution is -0.113. The first-order valence-corrected chi connectivity index (χ1v) is 12.0. The van der Waals surface area contributed by atoms with Crippen molar-refractivity contribution < 1.29 is 9.59 Å². The molecule has 0 saturated carbocycles. The van der Waals surface area contributed by atoms with Crippen LogP contribution >= 0.6 is 39.3 Å². The summed E-state index contributed by atoms with van der Waals surface area (Å²) in [5.74, 6) is 0.425. The zero-order valence-electron chi connectivity index (χ0n) is 17.8. The SMILES string of the molecule is CC(C)[C@@H](NC(=O)c1ccccc1Cl)c1nnc(SCC(=O)Nc2ccc(Br)cc2)n1C. The fourth-order valence-corrected chi connectivity index (χ4v) is 4.18. The van der Waals surface area contributed by atoms with Crippen LogP contribution in [-0.4, -0.2) is 32.3 Å². The number of benzene rings is 2. The van der Waals surface area contributed by atoms with E-state index < -0.39 is 0 Å². The first-order chi connectivity index (χ1) is 15.3. The molecule has 0 aliphatic heterocycles. The van der Waals surface area contributed by atoms with Crippen molar-refractivity contribution in [3.05, 3.63) is 69.4 Å². The van der Waals surface area contributed by atoms with Gasteiger partial charge in [0.2, 0.25) is 5.91 Å². The van der Waals surface area contributed by atoms with Crippen molar-refractivity contribution in [1.29, 1.82) is 0 Å². The minimum absolute atomic E-state index is 0.0582. The van der Waals surface area contributed by atoms with Crippen LogP contribution in [0.4, 0.5) is 5.69 Å². The molecule has 0 aliphatic carbocycles. The number of carbonyl (C=O) groups excluding carboxylic acids is 2. The number of halogens is 2. The lowest BCUT2D eigenvalue weighted by Crippen LogP contribution is -2.33. The van der Waals surface area contributed by atoms with Crippen molar-refractivity contribution >= 4 is 56.8 Å². The van der Waals surface area contributed by atoms with Crippen LogP contribution in [0.15, 0.2) is 58.2 Å². The number of rotatable bonds is 8. The minimum atomic E-state index is -0.373. The molecule has 0 spiro atoms. The number of anilines is 1. The molecular formula is C22H23BrClN5O2S. The molecule has 0 saturated heterocycles. The summed E-state index contributed by atoms with van der Waals surface area (Å²) in [6.45, 7) is 3.98. The Morgan fingerprint density at radius 1 is 1.12 bits per heavy atom. The van der Waals surface area contributed by atoms with Crippen LogP contribution in [0.1, 0.15) is 36.1 Å². The van der Waals surface area contributed by atoms with Gasteiger partial charge in [0, 0.05) is 17.2 Å². The Labute approximate surface area is 204 Å². The zero-order valence-corrected chi connectivity index (χ0v) is 21.0. The third kappa shape index (κ3) is 6.11. The summed E-state index contributed by atoms with van der Waals surface area (Å²) in [4.78, 5) is 25.1. The van der Waals surface area contributed by atoms with Crippen molar-refractivity contribution in [3.63, 3.8) is 0 Å². The number of carbonyl (C=O) groups is 2. The highest BCUT2D eigenvalue weighted by Crippen LogP contribution is 2.25. The van der Waals surface area contributed by atoms with Gasteiger partial charge in [-0.25, -0.2) is 0 Å². The molecule has 0 fully saturated rings. The number of hydrogen-bond acceptors (Lipinski definition) is 5. The highest BCUT2D eigenvalue weighted by atomic mass is 79.9. The number of hydrogen-bond donors (Lipinski definition) is 2. The summed E-state index contributed by atoms with van der Waals surface area (Å²) in [7, 11) is 1.82. The normalized spacial score (nSPS) is 11.9. The van der Waals surface area contributed by atoms with Gasteiger partial charge in [-0.2, -0.15) is 0 Å². The van der Waals surface area contributed by atoms with Crippen LogP contribution in [0.3, 0.4) is 0 Å². The van der Waals surface area contributed by atoms with E-state index in [1.807, 2.05) is 45.2 Å². The Bertz CT molecular complexity index is 1100. The van der Waals surface area contributed by atoms with Gasteiger partial charge in [0.15, 0.2) is 11.0 Å². The molecule has 10 heteroatoms. The van der Waals surface area contributed by atoms with Gasteiger partial charge in [-0.3, -0.25) is 9.59 Å². The van der Waals surface area contributed by atoms with Crippen molar-refractivity contribution in [3.8, 4) is 0 Å². The Morgan fingerprint density at radius 3 is 2.47 bits per heavy atom. The van der Waals surface area contributed by atoms with E-state index in [1.165, 1.54) is 11.8 Å². The van der Waals surface area contributed by atoms with Gasteiger partial charge in [0.25, 0.3) is 5.91 Å². The molecule has 0 bridgehead atoms. The topological polar surface area (TPSA) is 88.9 Å². The first kappa shape index (κ1) is 24.3. The largest absolute Gasteiger partial charge is 0.342 e. The van der Waals surface area contributed by atoms with E-state index in [1.54, 1.807) is 28.8 Å². The number of amides is 2. The van der Waals surface area contributed by atoms with Gasteiger partial charge in [-0.1, -0.05) is 65.3 Å². The number of nitrogens with zero attached hydrogens (tertiary/aromatic N) is 3. The lowest BCUT2D eigenvalue weighted by atomic mass is 10.0. The maximum Gasteiger partial charge on any atom is 0.253 e. The van der Waals surface area contributed by atoms with Crippen LogP contribution in [0.2, 0.25) is 5.02 Å². The Kier molecular flexibility index (Phi) is 8.33. The molecule has 0 aliphatic rings. The summed E-state index contributed by atoms with van der Waals surface area (Å²) in [5, 5.41) is 15.3. The van der Waals surface area contributed by atoms with E-state index in [9.17, 15) is 9.59 Å². The standard InChI is InChI=1S/C22H23BrClN5O2S/c1-13(2)19(26-21(31)16-6-4-5-7-17(16)24)20-27-28-22(29(20)3)32-12-18(30)25-15-10-8-14(23)9-11-15/h4-11,13,19H,12H2,1-3H3,(H,25,30)(H,26,31)/t19-/m1/s1. The average Bonchev–Trinajstić information content (AvgIpc) is 3.12. The third-order valence-electron chi connectivity index (χ3n) is 4.68. The molecule has 0 unspecified atom stereocenters. The first-order valence-electron chi connectivity index (χ1n) is 9.89. The molecule has 1 atom stereocenters. The monoisotopic (exact) mass is 535 g/mol. The second-order valence-corrected chi connectivity index (χ2v) is 9.68. The third-order valence-corrected chi connectivity index (χ3v) is 6.56. The van der Waals surface area contributed by atoms with E-state index in [2.05, 4.69) is 36.8 Å². The summed E-state index contributed by atoms with van der Waals surface area (Å²) in [6, 6.07) is 13.9. The second-order valence-electron chi connectivity index (χ2n) is 7.42. The van der Waals surface area contributed by atoms with Crippen molar-refractivity contribution in [2.24, 2.45) is 13.0 Å². The van der Waals surface area contributed by atoms with Gasteiger partial charge in [0.05, 0.1) is 22.4 Å². The van der Waals surface area contributed by atoms with Gasteiger partial charge < -0.3 is 15.2 Å². The molecule has 1 aromatic heterocycles. The highest BCUT2D eigenvalue weighted by Gasteiger charge is 2.26. The van der Waals surface area contributed by atoms with Gasteiger partial charge in [0.1, 0.15) is 0 Å². The van der Waals surface area contributed by atoms with E-state index in [4.69, 9.17) is 11.6 Å². The molecule has 2 aromatic carbocycles. The quantitative estimate of drug-likeness (QED) is 0.392. The van der Waals surface area contributed by atoms with Crippen LogP contribution in [0.25, 0.3) is 0 Å². The smallest absolute Gasteiger partial charge is 0.253 e. The molecule has 0 radical (unpaired) electrons. The molecule has 2 N–H and O–H groups in total. The van der Waals surface area contributed by atoms with E-state index in [0.29, 0.717) is 21.6 Å². The van der Waals surface area contributed by atoms with Crippen LogP contribution in [0, 0.1) is 5.92 Å². The number of thioether (sulfide) groups is 1. The Morgan fingerprint density at radius 2 is 1.81 bits per heavy atom. The maximum absolute atomic E-state index is 12.8. The molecular weight excluding hydrogens is 514 g/mol. The van der Waals surface area contributed by atoms with E-state index in [0.717, 1.165) is 10.2 Å². The molecule has 32 heavy (non-hydrogen) atoms. The number of aromatic nitrogens is 3. The van der Waals surface area contributed by atoms with Crippen LogP contribution < -0.4 is 10.6 Å². The Balaban J connectivity index is 1.67. The molecule has 168 valence electrons. The van der Waals surface area contributed by atoms with Gasteiger partial charge >= 0.3 is 0 Å². The highest BCUT2D eigenvalue weighted by molar-refractivity contribution is 9.10. The fraction of sp³-hybridized carbons (Fsp3) is 0.273. The van der Waals surface area contributed by atoms with Crippen LogP contribution in [0.5, 0.6) is 0 Å². The second kappa shape index (κ2) is 11.0. The summed E-state index contributed by atoms with van der Waals surface area (Å²) >= 11 is 10.8. The minimum Gasteiger partial charge on any atom is -0.342 e. The van der Waals surface area contributed by atoms with E-state index >= 15 is 0 Å². The maximum atomic E-state index is 12.8. The van der Waals surface area contributed by atoms with Crippen molar-refractivity contribution in [1.82, 2.24) is 20.1 Å². The predicted octanol–water partition coefficient (Wildman–Crippen LogP) is 5.09. The molecule has 7 nitrogen and oxygen atoms in total. The van der Waals surface area contributed by atoms with Crippen LogP contribution in [-0.2, 0) is 11.8 Å². The molecule has 1 heterocycles. The van der Waals surface area contributed by atoms with Gasteiger partial charge in [-0.15, -0.1) is 10.2 Å². The predicted molar refractivity (Wildman–Crippen MR) is 131 cm³/mol. The van der Waals surface area contributed by atoms with Gasteiger partial charge in [-0.05, 0) is 42.3 Å². The average molecular weight is 537 g/mol. The summed E-state index contributed by atoms with van der Waals surface area (Å²) in [6.07, 6.45) is 0. The molecule has 2 amide bonds. The lowest BCUT2D eigenvalue weighted by Gasteiger charge is -2.22. The summed E-state index contributed by atoms with van der Waals surface area (Å²) in [5.41, 5.74) is 1.13. The molecule has 3 rings (SSSR count).